The van der Waals surface area contributed by atoms with Crippen molar-refractivity contribution in [3.63, 3.8) is 0 Å². The maximum absolute atomic E-state index is 8.22. The molecule has 0 unspecified atom stereocenters. The molecule has 0 fully saturated rings. The third-order valence-electron chi connectivity index (χ3n) is 1.12. The molecule has 0 saturated carbocycles. The molecular formula is C7H16O3. The summed E-state index contributed by atoms with van der Waals surface area (Å²) in [6.45, 7) is 4.01. The van der Waals surface area contributed by atoms with Gasteiger partial charge >= 0.3 is 0 Å². The van der Waals surface area contributed by atoms with E-state index in [1.54, 1.807) is 0 Å². The Labute approximate surface area is 62.0 Å². The van der Waals surface area contributed by atoms with E-state index >= 15 is 0 Å². The van der Waals surface area contributed by atoms with Crippen LogP contribution in [0.2, 0.25) is 0 Å². The average Bonchev–Trinajstić information content (AvgIpc) is 1.97. The van der Waals surface area contributed by atoms with Crippen molar-refractivity contribution in [2.24, 2.45) is 0 Å². The van der Waals surface area contributed by atoms with E-state index in [1.807, 2.05) is 6.92 Å². The highest BCUT2D eigenvalue weighted by Gasteiger charge is 1.87. The minimum Gasteiger partial charge on any atom is -0.382 e. The summed E-state index contributed by atoms with van der Waals surface area (Å²) in [6.07, 6.45) is 1.97. The fourth-order valence-corrected chi connectivity index (χ4v) is 0.617. The van der Waals surface area contributed by atoms with Crippen molar-refractivity contribution in [1.29, 1.82) is 0 Å². The predicted octanol–water partition coefficient (Wildman–Crippen LogP) is 0.770. The first-order chi connectivity index (χ1) is 4.91. The highest BCUT2D eigenvalue weighted by atomic mass is 16.6. The summed E-state index contributed by atoms with van der Waals surface area (Å²) < 4.78 is 9.81. The summed E-state index contributed by atoms with van der Waals surface area (Å²) in [6, 6.07) is 0. The number of aliphatic hydroxyl groups is 1. The van der Waals surface area contributed by atoms with Gasteiger partial charge in [-0.15, -0.1) is 0 Å². The Morgan fingerprint density at radius 3 is 2.20 bits per heavy atom. The van der Waals surface area contributed by atoms with Gasteiger partial charge in [0.1, 0.15) is 6.79 Å². The number of ether oxygens (including phenoxy) is 2. The van der Waals surface area contributed by atoms with Gasteiger partial charge in [0.05, 0.1) is 0 Å². The van der Waals surface area contributed by atoms with Crippen LogP contribution in [0.5, 0.6) is 0 Å². The summed E-state index contributed by atoms with van der Waals surface area (Å²) in [7, 11) is 0. The lowest BCUT2D eigenvalue weighted by Crippen LogP contribution is -1.99. The molecule has 3 heteroatoms. The Balaban J connectivity index is 2.65. The number of hydrogen-bond donors (Lipinski definition) is 1. The van der Waals surface area contributed by atoms with Crippen molar-refractivity contribution < 1.29 is 14.6 Å². The molecule has 0 bridgehead atoms. The van der Waals surface area contributed by atoms with Crippen LogP contribution in [0.1, 0.15) is 19.8 Å². The van der Waals surface area contributed by atoms with Crippen LogP contribution >= 0.6 is 0 Å². The zero-order valence-electron chi connectivity index (χ0n) is 6.51. The van der Waals surface area contributed by atoms with Crippen molar-refractivity contribution >= 4 is 0 Å². The molecule has 0 saturated heterocycles. The molecule has 0 radical (unpaired) electrons. The molecule has 0 aromatic heterocycles. The SMILES string of the molecule is CCOCCCCOCO. The molecule has 10 heavy (non-hydrogen) atoms. The molecule has 3 nitrogen and oxygen atoms in total. The van der Waals surface area contributed by atoms with E-state index in [0.717, 1.165) is 26.1 Å². The summed E-state index contributed by atoms with van der Waals surface area (Å²) in [5.74, 6) is 0. The van der Waals surface area contributed by atoms with E-state index in [4.69, 9.17) is 14.6 Å². The van der Waals surface area contributed by atoms with Crippen molar-refractivity contribution in [2.75, 3.05) is 26.6 Å². The van der Waals surface area contributed by atoms with Gasteiger partial charge in [-0.1, -0.05) is 0 Å². The third kappa shape index (κ3) is 7.88. The number of aliphatic hydroxyl groups excluding tert-OH is 1. The Bertz CT molecular complexity index is 48.8. The molecule has 0 aliphatic carbocycles. The summed E-state index contributed by atoms with van der Waals surface area (Å²) in [4.78, 5) is 0. The molecule has 0 aliphatic rings. The Kier molecular flexibility index (Phi) is 8.77. The van der Waals surface area contributed by atoms with Crippen LogP contribution in [0.15, 0.2) is 0 Å². The fraction of sp³-hybridized carbons (Fsp3) is 1.00. The van der Waals surface area contributed by atoms with E-state index < -0.39 is 0 Å². The fourth-order valence-electron chi connectivity index (χ4n) is 0.617. The largest absolute Gasteiger partial charge is 0.382 e. The molecule has 0 aromatic rings. The molecule has 1 N–H and O–H groups in total. The van der Waals surface area contributed by atoms with Gasteiger partial charge in [0.15, 0.2) is 0 Å². The van der Waals surface area contributed by atoms with Crippen molar-refractivity contribution in [2.45, 2.75) is 19.8 Å². The summed E-state index contributed by atoms with van der Waals surface area (Å²) >= 11 is 0. The van der Waals surface area contributed by atoms with E-state index in [1.165, 1.54) is 0 Å². The summed E-state index contributed by atoms with van der Waals surface area (Å²) in [5.41, 5.74) is 0. The molecule has 0 atom stereocenters. The first kappa shape index (κ1) is 9.88. The molecule has 0 rings (SSSR count). The van der Waals surface area contributed by atoms with Crippen LogP contribution < -0.4 is 0 Å². The normalized spacial score (nSPS) is 10.2. The molecule has 62 valence electrons. The highest BCUT2D eigenvalue weighted by molar-refractivity contribution is 4.35. The van der Waals surface area contributed by atoms with E-state index in [9.17, 15) is 0 Å². The monoisotopic (exact) mass is 148 g/mol. The topological polar surface area (TPSA) is 38.7 Å². The van der Waals surface area contributed by atoms with Gasteiger partial charge in [-0.25, -0.2) is 0 Å². The highest BCUT2D eigenvalue weighted by Crippen LogP contribution is 1.90. The van der Waals surface area contributed by atoms with Crippen molar-refractivity contribution in [1.82, 2.24) is 0 Å². The smallest absolute Gasteiger partial charge is 0.143 e. The molecule has 0 aromatic carbocycles. The van der Waals surface area contributed by atoms with Crippen LogP contribution in [0.25, 0.3) is 0 Å². The molecule has 0 spiro atoms. The van der Waals surface area contributed by atoms with E-state index in [2.05, 4.69) is 0 Å². The second kappa shape index (κ2) is 8.88. The lowest BCUT2D eigenvalue weighted by Gasteiger charge is -2.00. The van der Waals surface area contributed by atoms with E-state index in [-0.39, 0.29) is 6.79 Å². The second-order valence-electron chi connectivity index (χ2n) is 1.94. The minimum atomic E-state index is -0.172. The van der Waals surface area contributed by atoms with Crippen molar-refractivity contribution in [3.8, 4) is 0 Å². The van der Waals surface area contributed by atoms with Gasteiger partial charge in [-0.3, -0.25) is 0 Å². The van der Waals surface area contributed by atoms with Gasteiger partial charge < -0.3 is 14.6 Å². The average molecular weight is 148 g/mol. The van der Waals surface area contributed by atoms with Gasteiger partial charge in [-0.2, -0.15) is 0 Å². The number of hydrogen-bond acceptors (Lipinski definition) is 3. The van der Waals surface area contributed by atoms with Gasteiger partial charge in [-0.05, 0) is 19.8 Å². The number of rotatable bonds is 7. The molecular weight excluding hydrogens is 132 g/mol. The van der Waals surface area contributed by atoms with E-state index in [0.29, 0.717) is 6.61 Å². The summed E-state index contributed by atoms with van der Waals surface area (Å²) in [5, 5.41) is 8.22. The van der Waals surface area contributed by atoms with Crippen LogP contribution in [-0.2, 0) is 9.47 Å². The number of unbranched alkanes of at least 4 members (excludes halogenated alkanes) is 1. The second-order valence-corrected chi connectivity index (χ2v) is 1.94. The third-order valence-corrected chi connectivity index (χ3v) is 1.12. The lowest BCUT2D eigenvalue weighted by atomic mass is 10.3. The zero-order chi connectivity index (χ0) is 7.66. The molecule has 0 aliphatic heterocycles. The Morgan fingerprint density at radius 1 is 1.10 bits per heavy atom. The van der Waals surface area contributed by atoms with Crippen LogP contribution in [0.3, 0.4) is 0 Å². The molecule has 0 heterocycles. The standard InChI is InChI=1S/C7H16O3/c1-2-9-5-3-4-6-10-7-8/h8H,2-7H2,1H3. The minimum absolute atomic E-state index is 0.172. The molecule has 0 amide bonds. The predicted molar refractivity (Wildman–Crippen MR) is 38.8 cm³/mol. The van der Waals surface area contributed by atoms with Crippen LogP contribution in [-0.4, -0.2) is 31.7 Å². The van der Waals surface area contributed by atoms with Crippen LogP contribution in [0.4, 0.5) is 0 Å². The quantitative estimate of drug-likeness (QED) is 0.428. The maximum Gasteiger partial charge on any atom is 0.143 e. The van der Waals surface area contributed by atoms with Gasteiger partial charge in [0.25, 0.3) is 0 Å². The Morgan fingerprint density at radius 2 is 1.70 bits per heavy atom. The van der Waals surface area contributed by atoms with Crippen LogP contribution in [0, 0.1) is 0 Å². The van der Waals surface area contributed by atoms with Gasteiger partial charge in [0.2, 0.25) is 0 Å². The first-order valence-corrected chi connectivity index (χ1v) is 3.68. The lowest BCUT2D eigenvalue weighted by molar-refractivity contribution is -0.00480. The first-order valence-electron chi connectivity index (χ1n) is 3.68. The zero-order valence-corrected chi connectivity index (χ0v) is 6.51. The van der Waals surface area contributed by atoms with Crippen molar-refractivity contribution in [3.05, 3.63) is 0 Å². The van der Waals surface area contributed by atoms with Gasteiger partial charge in [0, 0.05) is 19.8 Å². The maximum atomic E-state index is 8.22. The Hall–Kier alpha value is -0.120.